The summed E-state index contributed by atoms with van der Waals surface area (Å²) in [5.74, 6) is 1.71. The molecule has 0 aliphatic heterocycles. The summed E-state index contributed by atoms with van der Waals surface area (Å²) in [6, 6.07) is 9.90. The minimum atomic E-state index is 0.738. The van der Waals surface area contributed by atoms with Gasteiger partial charge in [0.05, 0.1) is 12.8 Å². The Morgan fingerprint density at radius 2 is 1.94 bits per heavy atom. The van der Waals surface area contributed by atoms with E-state index in [9.17, 15) is 0 Å². The molecule has 2 aromatic rings. The van der Waals surface area contributed by atoms with E-state index in [0.717, 1.165) is 30.2 Å². The molecule has 1 aromatic heterocycles. The van der Waals surface area contributed by atoms with Crippen LogP contribution in [0.5, 0.6) is 5.75 Å². The van der Waals surface area contributed by atoms with Crippen molar-refractivity contribution in [3.63, 3.8) is 0 Å². The van der Waals surface area contributed by atoms with E-state index in [1.807, 2.05) is 37.4 Å². The van der Waals surface area contributed by atoms with Crippen LogP contribution in [0.2, 0.25) is 0 Å². The lowest BCUT2D eigenvalue weighted by Crippen LogP contribution is -2.09. The standard InChI is InChI=1S/C14H17N3O/c1-15-10-12-7-8-16-14(17-12)9-11-3-5-13(18-2)6-4-11/h3-8,15H,9-10H2,1-2H3. The molecule has 1 heterocycles. The Kier molecular flexibility index (Phi) is 4.25. The molecule has 0 spiro atoms. The third kappa shape index (κ3) is 3.28. The SMILES string of the molecule is CNCc1ccnc(Cc2ccc(OC)cc2)n1. The Morgan fingerprint density at radius 1 is 1.17 bits per heavy atom. The van der Waals surface area contributed by atoms with Crippen LogP contribution in [0.1, 0.15) is 17.1 Å². The number of rotatable bonds is 5. The van der Waals surface area contributed by atoms with E-state index in [-0.39, 0.29) is 0 Å². The molecule has 4 nitrogen and oxygen atoms in total. The number of hydrogen-bond donors (Lipinski definition) is 1. The number of nitrogens with one attached hydrogen (secondary N) is 1. The molecule has 4 heteroatoms. The van der Waals surface area contributed by atoms with Gasteiger partial charge in [-0.1, -0.05) is 12.1 Å². The number of methoxy groups -OCH3 is 1. The van der Waals surface area contributed by atoms with Crippen molar-refractivity contribution < 1.29 is 4.74 Å². The van der Waals surface area contributed by atoms with Gasteiger partial charge in [-0.25, -0.2) is 9.97 Å². The summed E-state index contributed by atoms with van der Waals surface area (Å²) < 4.78 is 5.13. The van der Waals surface area contributed by atoms with E-state index in [4.69, 9.17) is 4.74 Å². The summed E-state index contributed by atoms with van der Waals surface area (Å²) in [7, 11) is 3.57. The summed E-state index contributed by atoms with van der Waals surface area (Å²) in [5.41, 5.74) is 2.19. The Hall–Kier alpha value is -1.94. The Balaban J connectivity index is 2.09. The summed E-state index contributed by atoms with van der Waals surface area (Å²) in [4.78, 5) is 8.78. The summed E-state index contributed by atoms with van der Waals surface area (Å²) in [6.45, 7) is 0.762. The zero-order valence-electron chi connectivity index (χ0n) is 10.7. The van der Waals surface area contributed by atoms with Crippen molar-refractivity contribution in [2.24, 2.45) is 0 Å². The van der Waals surface area contributed by atoms with Gasteiger partial charge in [0.1, 0.15) is 11.6 Å². The lowest BCUT2D eigenvalue weighted by atomic mass is 10.1. The predicted octanol–water partition coefficient (Wildman–Crippen LogP) is 1.80. The molecule has 2 rings (SSSR count). The van der Waals surface area contributed by atoms with Crippen molar-refractivity contribution in [1.82, 2.24) is 15.3 Å². The second-order valence-electron chi connectivity index (χ2n) is 4.02. The number of hydrogen-bond acceptors (Lipinski definition) is 4. The maximum atomic E-state index is 5.13. The first-order valence-electron chi connectivity index (χ1n) is 5.90. The van der Waals surface area contributed by atoms with E-state index < -0.39 is 0 Å². The van der Waals surface area contributed by atoms with Crippen LogP contribution < -0.4 is 10.1 Å². The van der Waals surface area contributed by atoms with Crippen molar-refractivity contribution in [3.05, 3.63) is 53.6 Å². The van der Waals surface area contributed by atoms with Crippen LogP contribution in [0.4, 0.5) is 0 Å². The molecule has 0 unspecified atom stereocenters. The van der Waals surface area contributed by atoms with Gasteiger partial charge in [-0.05, 0) is 30.8 Å². The predicted molar refractivity (Wildman–Crippen MR) is 70.6 cm³/mol. The second kappa shape index (κ2) is 6.12. The third-order valence-corrected chi connectivity index (χ3v) is 2.64. The molecule has 0 fully saturated rings. The van der Waals surface area contributed by atoms with Gasteiger partial charge in [0.2, 0.25) is 0 Å². The number of nitrogens with zero attached hydrogens (tertiary/aromatic N) is 2. The maximum absolute atomic E-state index is 5.13. The fourth-order valence-corrected chi connectivity index (χ4v) is 1.73. The van der Waals surface area contributed by atoms with Crippen LogP contribution in [0.3, 0.4) is 0 Å². The van der Waals surface area contributed by atoms with Crippen LogP contribution >= 0.6 is 0 Å². The van der Waals surface area contributed by atoms with Crippen molar-refractivity contribution in [2.45, 2.75) is 13.0 Å². The quantitative estimate of drug-likeness (QED) is 0.869. The van der Waals surface area contributed by atoms with Gasteiger partial charge in [0.15, 0.2) is 0 Å². The average Bonchev–Trinajstić information content (AvgIpc) is 2.40. The van der Waals surface area contributed by atoms with Crippen molar-refractivity contribution in [3.8, 4) is 5.75 Å². The molecule has 0 aliphatic carbocycles. The molecule has 0 radical (unpaired) electrons. The summed E-state index contributed by atoms with van der Waals surface area (Å²) >= 11 is 0. The van der Waals surface area contributed by atoms with E-state index in [1.165, 1.54) is 5.56 Å². The first-order valence-corrected chi connectivity index (χ1v) is 5.90. The van der Waals surface area contributed by atoms with Crippen LogP contribution in [0.25, 0.3) is 0 Å². The summed E-state index contributed by atoms with van der Waals surface area (Å²) in [6.07, 6.45) is 2.54. The molecular formula is C14H17N3O. The highest BCUT2D eigenvalue weighted by Gasteiger charge is 2.01. The molecule has 0 bridgehead atoms. The van der Waals surface area contributed by atoms with E-state index in [0.29, 0.717) is 0 Å². The summed E-state index contributed by atoms with van der Waals surface area (Å²) in [5, 5.41) is 3.08. The highest BCUT2D eigenvalue weighted by molar-refractivity contribution is 5.28. The largest absolute Gasteiger partial charge is 0.497 e. The average molecular weight is 243 g/mol. The van der Waals surface area contributed by atoms with Gasteiger partial charge >= 0.3 is 0 Å². The minimum Gasteiger partial charge on any atom is -0.497 e. The first kappa shape index (κ1) is 12.5. The van der Waals surface area contributed by atoms with Gasteiger partial charge in [-0.2, -0.15) is 0 Å². The Bertz CT molecular complexity index is 497. The Labute approximate surface area is 107 Å². The Morgan fingerprint density at radius 3 is 2.61 bits per heavy atom. The molecule has 1 aromatic carbocycles. The van der Waals surface area contributed by atoms with Gasteiger partial charge in [-0.15, -0.1) is 0 Å². The highest BCUT2D eigenvalue weighted by atomic mass is 16.5. The fraction of sp³-hybridized carbons (Fsp3) is 0.286. The smallest absolute Gasteiger partial charge is 0.132 e. The fourth-order valence-electron chi connectivity index (χ4n) is 1.73. The zero-order chi connectivity index (χ0) is 12.8. The molecule has 94 valence electrons. The molecule has 18 heavy (non-hydrogen) atoms. The molecular weight excluding hydrogens is 226 g/mol. The maximum Gasteiger partial charge on any atom is 0.132 e. The lowest BCUT2D eigenvalue weighted by Gasteiger charge is -2.04. The van der Waals surface area contributed by atoms with Crippen LogP contribution in [0.15, 0.2) is 36.5 Å². The van der Waals surface area contributed by atoms with E-state index in [2.05, 4.69) is 15.3 Å². The lowest BCUT2D eigenvalue weighted by molar-refractivity contribution is 0.414. The monoisotopic (exact) mass is 243 g/mol. The van der Waals surface area contributed by atoms with Gasteiger partial charge in [-0.3, -0.25) is 0 Å². The van der Waals surface area contributed by atoms with Crippen molar-refractivity contribution >= 4 is 0 Å². The first-order chi connectivity index (χ1) is 8.81. The minimum absolute atomic E-state index is 0.738. The normalized spacial score (nSPS) is 10.3. The van der Waals surface area contributed by atoms with Crippen LogP contribution in [-0.2, 0) is 13.0 Å². The molecule has 0 saturated heterocycles. The second-order valence-corrected chi connectivity index (χ2v) is 4.02. The highest BCUT2D eigenvalue weighted by Crippen LogP contribution is 2.13. The van der Waals surface area contributed by atoms with Crippen molar-refractivity contribution in [2.75, 3.05) is 14.2 Å². The van der Waals surface area contributed by atoms with Gasteiger partial charge in [0.25, 0.3) is 0 Å². The molecule has 0 atom stereocenters. The van der Waals surface area contributed by atoms with E-state index in [1.54, 1.807) is 13.3 Å². The van der Waals surface area contributed by atoms with Crippen LogP contribution in [-0.4, -0.2) is 24.1 Å². The number of aromatic nitrogens is 2. The van der Waals surface area contributed by atoms with E-state index >= 15 is 0 Å². The molecule has 0 aliphatic rings. The van der Waals surface area contributed by atoms with Crippen LogP contribution in [0, 0.1) is 0 Å². The molecule has 0 amide bonds. The van der Waals surface area contributed by atoms with Crippen molar-refractivity contribution in [1.29, 1.82) is 0 Å². The van der Waals surface area contributed by atoms with Gasteiger partial charge < -0.3 is 10.1 Å². The van der Waals surface area contributed by atoms with Gasteiger partial charge in [0, 0.05) is 19.2 Å². The topological polar surface area (TPSA) is 47.0 Å². The third-order valence-electron chi connectivity index (χ3n) is 2.64. The molecule has 1 N–H and O–H groups in total. The number of benzene rings is 1. The molecule has 0 saturated carbocycles. The number of ether oxygens (including phenoxy) is 1. The zero-order valence-corrected chi connectivity index (χ0v) is 10.7.